The number of allylic oxidation sites excluding steroid dienone is 1. The molecule has 2 aromatic rings. The van der Waals surface area contributed by atoms with Gasteiger partial charge in [-0.05, 0) is 42.2 Å². The molecule has 0 saturated heterocycles. The predicted molar refractivity (Wildman–Crippen MR) is 82.4 cm³/mol. The van der Waals surface area contributed by atoms with Crippen molar-refractivity contribution >= 4 is 23.6 Å². The molecule has 1 aromatic heterocycles. The Morgan fingerprint density at radius 1 is 1.35 bits per heavy atom. The number of methoxy groups -OCH3 is 1. The number of hydrogen-bond acceptors (Lipinski definition) is 4. The molecule has 0 atom stereocenters. The first-order valence-electron chi connectivity index (χ1n) is 6.09. The second-order valence-corrected chi connectivity index (χ2v) is 4.90. The van der Waals surface area contributed by atoms with Gasteiger partial charge in [-0.1, -0.05) is 12.1 Å². The van der Waals surface area contributed by atoms with Gasteiger partial charge < -0.3 is 4.74 Å². The second-order valence-electron chi connectivity index (χ2n) is 4.05. The van der Waals surface area contributed by atoms with Crippen LogP contribution in [0.5, 0.6) is 5.75 Å². The average molecular weight is 285 g/mol. The molecule has 0 radical (unpaired) electrons. The molecule has 0 unspecified atom stereocenters. The zero-order chi connectivity index (χ0) is 14.4. The molecule has 1 aromatic carbocycles. The van der Waals surface area contributed by atoms with Crippen molar-refractivity contribution in [3.8, 4) is 5.75 Å². The van der Waals surface area contributed by atoms with Gasteiger partial charge in [-0.25, -0.2) is 0 Å². The number of pyridine rings is 1. The van der Waals surface area contributed by atoms with Crippen molar-refractivity contribution in [2.45, 2.75) is 4.90 Å². The summed E-state index contributed by atoms with van der Waals surface area (Å²) in [5.41, 5.74) is 1.51. The van der Waals surface area contributed by atoms with Gasteiger partial charge in [0.15, 0.2) is 5.78 Å². The van der Waals surface area contributed by atoms with Gasteiger partial charge in [0.05, 0.1) is 7.11 Å². The van der Waals surface area contributed by atoms with Crippen LogP contribution in [-0.2, 0) is 0 Å². The lowest BCUT2D eigenvalue weighted by molar-refractivity contribution is 0.104. The minimum atomic E-state index is -0.0639. The van der Waals surface area contributed by atoms with E-state index >= 15 is 0 Å². The fraction of sp³-hybridized carbons (Fsp3) is 0.125. The Labute approximate surface area is 122 Å². The Balaban J connectivity index is 2.17. The van der Waals surface area contributed by atoms with Crippen LogP contribution in [0.15, 0.2) is 53.7 Å². The molecule has 0 bridgehead atoms. The lowest BCUT2D eigenvalue weighted by atomic mass is 10.1. The molecule has 0 N–H and O–H groups in total. The van der Waals surface area contributed by atoms with Gasteiger partial charge in [0.1, 0.15) is 5.75 Å². The van der Waals surface area contributed by atoms with Crippen molar-refractivity contribution in [1.82, 2.24) is 4.98 Å². The van der Waals surface area contributed by atoms with E-state index in [0.717, 1.165) is 16.2 Å². The molecule has 0 aliphatic rings. The minimum Gasteiger partial charge on any atom is -0.496 e. The zero-order valence-corrected chi connectivity index (χ0v) is 12.2. The third-order valence-corrected chi connectivity index (χ3v) is 3.56. The quantitative estimate of drug-likeness (QED) is 0.477. The van der Waals surface area contributed by atoms with Gasteiger partial charge in [-0.15, -0.1) is 11.8 Å². The van der Waals surface area contributed by atoms with Gasteiger partial charge in [-0.2, -0.15) is 0 Å². The second kappa shape index (κ2) is 6.91. The van der Waals surface area contributed by atoms with Crippen LogP contribution in [0.2, 0.25) is 0 Å². The summed E-state index contributed by atoms with van der Waals surface area (Å²) in [6.45, 7) is 0. The summed E-state index contributed by atoms with van der Waals surface area (Å²) < 4.78 is 5.32. The van der Waals surface area contributed by atoms with Crippen LogP contribution in [0.3, 0.4) is 0 Å². The standard InChI is InChI=1S/C16H15NO2S/c1-19-15-10-12(6-8-16(15)20-2)5-7-14(18)13-4-3-9-17-11-13/h3-11H,1-2H3. The third-order valence-electron chi connectivity index (χ3n) is 2.78. The summed E-state index contributed by atoms with van der Waals surface area (Å²) in [6, 6.07) is 9.35. The van der Waals surface area contributed by atoms with Gasteiger partial charge in [0.2, 0.25) is 0 Å². The third kappa shape index (κ3) is 3.48. The zero-order valence-electron chi connectivity index (χ0n) is 11.4. The Morgan fingerprint density at radius 3 is 2.85 bits per heavy atom. The number of hydrogen-bond donors (Lipinski definition) is 0. The smallest absolute Gasteiger partial charge is 0.187 e. The number of rotatable bonds is 5. The topological polar surface area (TPSA) is 39.2 Å². The van der Waals surface area contributed by atoms with Crippen LogP contribution in [-0.4, -0.2) is 24.1 Å². The molecule has 0 aliphatic heterocycles. The van der Waals surface area contributed by atoms with Crippen LogP contribution in [0, 0.1) is 0 Å². The number of aromatic nitrogens is 1. The number of carbonyl (C=O) groups excluding carboxylic acids is 1. The maximum Gasteiger partial charge on any atom is 0.187 e. The summed E-state index contributed by atoms with van der Waals surface area (Å²) >= 11 is 1.63. The highest BCUT2D eigenvalue weighted by Gasteiger charge is 2.03. The Hall–Kier alpha value is -2.07. The highest BCUT2D eigenvalue weighted by Crippen LogP contribution is 2.28. The minimum absolute atomic E-state index is 0.0639. The van der Waals surface area contributed by atoms with Crippen LogP contribution in [0.1, 0.15) is 15.9 Å². The maximum atomic E-state index is 11.9. The van der Waals surface area contributed by atoms with E-state index in [1.54, 1.807) is 55.6 Å². The van der Waals surface area contributed by atoms with E-state index in [-0.39, 0.29) is 5.78 Å². The number of carbonyl (C=O) groups is 1. The Bertz CT molecular complexity index is 624. The fourth-order valence-corrected chi connectivity index (χ4v) is 2.28. The van der Waals surface area contributed by atoms with Crippen LogP contribution >= 0.6 is 11.8 Å². The summed E-state index contributed by atoms with van der Waals surface area (Å²) in [6.07, 6.45) is 8.53. The summed E-state index contributed by atoms with van der Waals surface area (Å²) in [5.74, 6) is 0.750. The first-order valence-corrected chi connectivity index (χ1v) is 7.31. The highest BCUT2D eigenvalue weighted by molar-refractivity contribution is 7.98. The summed E-state index contributed by atoms with van der Waals surface area (Å²) in [7, 11) is 1.64. The van der Waals surface area contributed by atoms with E-state index in [2.05, 4.69) is 4.98 Å². The molecule has 1 heterocycles. The van der Waals surface area contributed by atoms with Gasteiger partial charge >= 0.3 is 0 Å². The molecule has 0 fully saturated rings. The lowest BCUT2D eigenvalue weighted by Gasteiger charge is -2.06. The number of thioether (sulfide) groups is 1. The van der Waals surface area contributed by atoms with Crippen molar-refractivity contribution in [1.29, 1.82) is 0 Å². The predicted octanol–water partition coefficient (Wildman–Crippen LogP) is 3.71. The van der Waals surface area contributed by atoms with E-state index in [4.69, 9.17) is 4.74 Å². The molecule has 0 saturated carbocycles. The van der Waals surface area contributed by atoms with Crippen molar-refractivity contribution in [2.24, 2.45) is 0 Å². The van der Waals surface area contributed by atoms with E-state index in [1.165, 1.54) is 0 Å². The summed E-state index contributed by atoms with van der Waals surface area (Å²) in [4.78, 5) is 16.9. The van der Waals surface area contributed by atoms with Gasteiger partial charge in [-0.3, -0.25) is 9.78 Å². The van der Waals surface area contributed by atoms with Crippen LogP contribution < -0.4 is 4.74 Å². The van der Waals surface area contributed by atoms with E-state index in [1.807, 2.05) is 24.5 Å². The van der Waals surface area contributed by atoms with Crippen LogP contribution in [0.4, 0.5) is 0 Å². The van der Waals surface area contributed by atoms with Crippen molar-refractivity contribution in [3.63, 3.8) is 0 Å². The molecular formula is C16H15NO2S. The SMILES string of the molecule is COc1cc(C=CC(=O)c2cccnc2)ccc1SC. The molecule has 0 aliphatic carbocycles. The number of ketones is 1. The molecule has 3 nitrogen and oxygen atoms in total. The monoisotopic (exact) mass is 285 g/mol. The van der Waals surface area contributed by atoms with Crippen molar-refractivity contribution in [3.05, 3.63) is 59.9 Å². The number of nitrogens with zero attached hydrogens (tertiary/aromatic N) is 1. The average Bonchev–Trinajstić information content (AvgIpc) is 2.53. The molecule has 102 valence electrons. The molecular weight excluding hydrogens is 270 g/mol. The van der Waals surface area contributed by atoms with E-state index in [9.17, 15) is 4.79 Å². The van der Waals surface area contributed by atoms with Crippen molar-refractivity contribution < 1.29 is 9.53 Å². The number of ether oxygens (including phenoxy) is 1. The first-order chi connectivity index (χ1) is 9.74. The lowest BCUT2D eigenvalue weighted by Crippen LogP contribution is -1.94. The van der Waals surface area contributed by atoms with Crippen molar-refractivity contribution in [2.75, 3.05) is 13.4 Å². The molecule has 0 spiro atoms. The fourth-order valence-electron chi connectivity index (χ4n) is 1.73. The first kappa shape index (κ1) is 14.3. The molecule has 20 heavy (non-hydrogen) atoms. The molecule has 4 heteroatoms. The van der Waals surface area contributed by atoms with Gasteiger partial charge in [0, 0.05) is 22.9 Å². The van der Waals surface area contributed by atoms with Gasteiger partial charge in [0.25, 0.3) is 0 Å². The summed E-state index contributed by atoms with van der Waals surface area (Å²) in [5, 5.41) is 0. The normalized spacial score (nSPS) is 10.7. The highest BCUT2D eigenvalue weighted by atomic mass is 32.2. The van der Waals surface area contributed by atoms with E-state index in [0.29, 0.717) is 5.56 Å². The molecule has 0 amide bonds. The largest absolute Gasteiger partial charge is 0.496 e. The maximum absolute atomic E-state index is 11.9. The molecule has 2 rings (SSSR count). The van der Waals surface area contributed by atoms with E-state index < -0.39 is 0 Å². The Kier molecular flexibility index (Phi) is 4.96. The number of benzene rings is 1. The van der Waals surface area contributed by atoms with Crippen LogP contribution in [0.25, 0.3) is 6.08 Å². The Morgan fingerprint density at radius 2 is 2.20 bits per heavy atom.